The molecule has 1 fully saturated rings. The summed E-state index contributed by atoms with van der Waals surface area (Å²) in [4.78, 5) is 24.1. The van der Waals surface area contributed by atoms with Crippen LogP contribution in [-0.4, -0.2) is 43.3 Å². The van der Waals surface area contributed by atoms with Crippen LogP contribution in [0.4, 0.5) is 22.0 Å². The third kappa shape index (κ3) is 5.75. The largest absolute Gasteiger partial charge is 0.477 e. The van der Waals surface area contributed by atoms with Crippen molar-refractivity contribution in [3.8, 4) is 17.1 Å². The molecule has 6 rings (SSSR count). The normalized spacial score (nSPS) is 14.6. The number of carbonyl (C=O) groups is 1. The highest BCUT2D eigenvalue weighted by atomic mass is 19.1. The van der Waals surface area contributed by atoms with Gasteiger partial charge in [0.1, 0.15) is 41.1 Å². The molecule has 0 spiro atoms. The molecule has 0 bridgehead atoms. The van der Waals surface area contributed by atoms with Crippen LogP contribution in [0.15, 0.2) is 54.6 Å². The van der Waals surface area contributed by atoms with E-state index < -0.39 is 53.2 Å². The van der Waals surface area contributed by atoms with Crippen molar-refractivity contribution in [2.45, 2.75) is 32.1 Å². The second-order valence-electron chi connectivity index (χ2n) is 9.88. The van der Waals surface area contributed by atoms with Crippen LogP contribution in [-0.2, 0) is 24.3 Å². The summed E-state index contributed by atoms with van der Waals surface area (Å²) in [6.07, 6.45) is 0.665. The quantitative estimate of drug-likeness (QED) is 0.213. The molecule has 2 aromatic carbocycles. The van der Waals surface area contributed by atoms with Gasteiger partial charge < -0.3 is 19.1 Å². The van der Waals surface area contributed by atoms with Gasteiger partial charge in [-0.25, -0.2) is 41.7 Å². The minimum absolute atomic E-state index is 0.00543. The average molecular weight is 597 g/mol. The van der Waals surface area contributed by atoms with Crippen molar-refractivity contribution in [3.05, 3.63) is 106 Å². The minimum Gasteiger partial charge on any atom is -0.477 e. The molecule has 43 heavy (non-hydrogen) atoms. The molecule has 0 unspecified atom stereocenters. The van der Waals surface area contributed by atoms with Crippen LogP contribution in [0.25, 0.3) is 22.4 Å². The zero-order valence-electron chi connectivity index (χ0n) is 22.2. The zero-order chi connectivity index (χ0) is 30.2. The van der Waals surface area contributed by atoms with Crippen molar-refractivity contribution in [2.24, 2.45) is 0 Å². The number of ether oxygens (including phenoxy) is 2. The highest BCUT2D eigenvalue weighted by Crippen LogP contribution is 2.29. The molecule has 1 aliphatic rings. The molecule has 0 radical (unpaired) electrons. The van der Waals surface area contributed by atoms with Crippen molar-refractivity contribution in [2.75, 3.05) is 6.61 Å². The maximum absolute atomic E-state index is 15.4. The van der Waals surface area contributed by atoms with Gasteiger partial charge in [-0.15, -0.1) is 0 Å². The van der Waals surface area contributed by atoms with E-state index in [2.05, 4.69) is 15.0 Å². The van der Waals surface area contributed by atoms with Crippen molar-refractivity contribution in [3.63, 3.8) is 0 Å². The number of fused-ring (bicyclic) bond motifs is 1. The van der Waals surface area contributed by atoms with E-state index in [0.717, 1.165) is 24.6 Å². The highest BCUT2D eigenvalue weighted by Gasteiger charge is 2.24. The number of hydrogen-bond donors (Lipinski definition) is 1. The second-order valence-corrected chi connectivity index (χ2v) is 9.88. The van der Waals surface area contributed by atoms with Gasteiger partial charge in [0.2, 0.25) is 0 Å². The molecule has 3 aromatic heterocycles. The lowest BCUT2D eigenvalue weighted by Crippen LogP contribution is -2.32. The molecule has 1 aliphatic heterocycles. The molecule has 8 nitrogen and oxygen atoms in total. The van der Waals surface area contributed by atoms with Crippen LogP contribution < -0.4 is 4.74 Å². The summed E-state index contributed by atoms with van der Waals surface area (Å²) in [5.74, 6) is -6.10. The van der Waals surface area contributed by atoms with Gasteiger partial charge in [-0.3, -0.25) is 0 Å². The summed E-state index contributed by atoms with van der Waals surface area (Å²) in [6, 6.07) is 9.99. The molecule has 13 heteroatoms. The Morgan fingerprint density at radius 1 is 0.907 bits per heavy atom. The topological polar surface area (TPSA) is 99.4 Å². The van der Waals surface area contributed by atoms with Crippen LogP contribution >= 0.6 is 0 Å². The first-order valence-corrected chi connectivity index (χ1v) is 13.1. The number of halogens is 5. The Bertz CT molecular complexity index is 1880. The van der Waals surface area contributed by atoms with Crippen molar-refractivity contribution < 1.29 is 41.3 Å². The molecule has 0 amide bonds. The molecule has 1 N–H and O–H groups in total. The number of imidazole rings is 1. The molecule has 220 valence electrons. The monoisotopic (exact) mass is 596 g/mol. The fourth-order valence-corrected chi connectivity index (χ4v) is 4.67. The third-order valence-electron chi connectivity index (χ3n) is 7.02. The number of carboxylic acid groups (broad SMARTS) is 1. The van der Waals surface area contributed by atoms with Gasteiger partial charge in [0, 0.05) is 36.3 Å². The molecule has 0 aliphatic carbocycles. The van der Waals surface area contributed by atoms with Gasteiger partial charge in [0.15, 0.2) is 23.0 Å². The molecule has 1 atom stereocenters. The maximum atomic E-state index is 15.4. The molecule has 1 saturated heterocycles. The Balaban J connectivity index is 1.28. The van der Waals surface area contributed by atoms with Crippen LogP contribution in [0, 0.1) is 29.1 Å². The molecular weight excluding hydrogens is 575 g/mol. The predicted molar refractivity (Wildman–Crippen MR) is 142 cm³/mol. The number of aromatic nitrogens is 4. The Kier molecular flexibility index (Phi) is 7.48. The van der Waals surface area contributed by atoms with E-state index in [0.29, 0.717) is 42.3 Å². The predicted octanol–water partition coefficient (Wildman–Crippen LogP) is 5.85. The number of benzene rings is 2. The maximum Gasteiger partial charge on any atom is 0.354 e. The van der Waals surface area contributed by atoms with Crippen molar-refractivity contribution in [1.82, 2.24) is 19.5 Å². The minimum atomic E-state index is -1.20. The van der Waals surface area contributed by atoms with Gasteiger partial charge in [-0.1, -0.05) is 12.1 Å². The molecular formula is C30H21F5N4O4. The van der Waals surface area contributed by atoms with Crippen LogP contribution in [0.5, 0.6) is 5.88 Å². The van der Waals surface area contributed by atoms with E-state index in [9.17, 15) is 27.5 Å². The van der Waals surface area contributed by atoms with E-state index >= 15 is 4.39 Å². The summed E-state index contributed by atoms with van der Waals surface area (Å²) in [5.41, 5.74) is 0.300. The van der Waals surface area contributed by atoms with Crippen molar-refractivity contribution >= 4 is 17.1 Å². The number of rotatable bonds is 9. The number of hydrogen-bond acceptors (Lipinski definition) is 6. The Labute approximate surface area is 240 Å². The van der Waals surface area contributed by atoms with E-state index in [1.165, 1.54) is 24.3 Å². The molecule has 5 aromatic rings. The Hall–Kier alpha value is -4.91. The third-order valence-corrected chi connectivity index (χ3v) is 7.02. The summed E-state index contributed by atoms with van der Waals surface area (Å²) in [7, 11) is 0. The van der Waals surface area contributed by atoms with Crippen LogP contribution in [0.1, 0.15) is 33.9 Å². The summed E-state index contributed by atoms with van der Waals surface area (Å²) >= 11 is 0. The zero-order valence-corrected chi connectivity index (χ0v) is 22.2. The molecule has 0 saturated carbocycles. The van der Waals surface area contributed by atoms with Gasteiger partial charge in [-0.05, 0) is 42.3 Å². The lowest BCUT2D eigenvalue weighted by Gasteiger charge is -2.27. The highest BCUT2D eigenvalue weighted by molar-refractivity contribution is 5.88. The number of carboxylic acids is 1. The van der Waals surface area contributed by atoms with E-state index in [4.69, 9.17) is 9.47 Å². The van der Waals surface area contributed by atoms with Crippen molar-refractivity contribution in [1.29, 1.82) is 0 Å². The second kappa shape index (κ2) is 11.4. The summed E-state index contributed by atoms with van der Waals surface area (Å²) < 4.78 is 84.1. The fourth-order valence-electron chi connectivity index (χ4n) is 4.67. The summed E-state index contributed by atoms with van der Waals surface area (Å²) in [6.45, 7) is 0.432. The van der Waals surface area contributed by atoms with Crippen LogP contribution in [0.2, 0.25) is 0 Å². The first-order valence-electron chi connectivity index (χ1n) is 13.1. The standard InChI is InChI=1S/C30H21F5N4O4/c31-18-4-3-17(21(33)11-18)14-43-29-23(35)12-22(34)27(38-29)16-2-1-15(20(32)9-16)10-26-36-24-5-6-25(30(40)41)37-28(24)39(26)13-19-7-8-42-19/h1-6,9,11-12,19H,7-8,10,13-14H2,(H,40,41)/t19-/m0/s1. The van der Waals surface area contributed by atoms with Gasteiger partial charge in [-0.2, -0.15) is 0 Å². The molecule has 4 heterocycles. The van der Waals surface area contributed by atoms with E-state index in [-0.39, 0.29) is 34.9 Å². The Morgan fingerprint density at radius 2 is 1.67 bits per heavy atom. The smallest absolute Gasteiger partial charge is 0.354 e. The van der Waals surface area contributed by atoms with E-state index in [1.54, 1.807) is 4.57 Å². The lowest BCUT2D eigenvalue weighted by atomic mass is 10.0. The number of nitrogens with zero attached hydrogens (tertiary/aromatic N) is 4. The Morgan fingerprint density at radius 3 is 2.37 bits per heavy atom. The lowest BCUT2D eigenvalue weighted by molar-refractivity contribution is -0.0590. The first-order chi connectivity index (χ1) is 20.7. The van der Waals surface area contributed by atoms with Crippen LogP contribution in [0.3, 0.4) is 0 Å². The van der Waals surface area contributed by atoms with Gasteiger partial charge >= 0.3 is 5.97 Å². The first kappa shape index (κ1) is 28.2. The van der Waals surface area contributed by atoms with Gasteiger partial charge in [0.05, 0.1) is 12.6 Å². The average Bonchev–Trinajstić information content (AvgIpc) is 3.28. The SMILES string of the molecule is O=C(O)c1ccc2nc(Cc3ccc(-c4nc(OCc5ccc(F)cc5F)c(F)cc4F)cc3F)n(C[C@@H]3CCO3)c2n1. The van der Waals surface area contributed by atoms with Gasteiger partial charge in [0.25, 0.3) is 5.88 Å². The number of pyridine rings is 2. The summed E-state index contributed by atoms with van der Waals surface area (Å²) in [5, 5.41) is 9.37. The van der Waals surface area contributed by atoms with E-state index in [1.807, 2.05) is 0 Å². The fraction of sp³-hybridized carbons (Fsp3) is 0.200. The number of aromatic carboxylic acids is 1.